The highest BCUT2D eigenvalue weighted by Crippen LogP contribution is 2.33. The van der Waals surface area contributed by atoms with E-state index < -0.39 is 5.91 Å². The standard InChI is InChI=1S/C14H19N3O2/c1-9-8-11(14(19)16-7-6-13(15)18)10-4-2-3-5-12(10)17-9/h2-5,9,11,17H,6-8H2,1H3,(H2,15,18)(H,16,19). The monoisotopic (exact) mass is 261 g/mol. The van der Waals surface area contributed by atoms with Gasteiger partial charge in [0.05, 0.1) is 5.92 Å². The lowest BCUT2D eigenvalue weighted by atomic mass is 9.87. The first kappa shape index (κ1) is 13.4. The van der Waals surface area contributed by atoms with Gasteiger partial charge in [0.1, 0.15) is 0 Å². The van der Waals surface area contributed by atoms with Gasteiger partial charge < -0.3 is 16.4 Å². The molecule has 1 aromatic carbocycles. The number of para-hydroxylation sites is 1. The lowest BCUT2D eigenvalue weighted by Crippen LogP contribution is -2.37. The molecule has 2 amide bonds. The number of nitrogens with one attached hydrogen (secondary N) is 2. The van der Waals surface area contributed by atoms with E-state index in [4.69, 9.17) is 5.73 Å². The van der Waals surface area contributed by atoms with Crippen LogP contribution in [0.1, 0.15) is 31.2 Å². The first-order chi connectivity index (χ1) is 9.08. The van der Waals surface area contributed by atoms with Gasteiger partial charge in [-0.25, -0.2) is 0 Å². The zero-order chi connectivity index (χ0) is 13.8. The molecule has 5 heteroatoms. The maximum absolute atomic E-state index is 12.2. The average molecular weight is 261 g/mol. The Labute approximate surface area is 112 Å². The predicted molar refractivity (Wildman–Crippen MR) is 73.7 cm³/mol. The summed E-state index contributed by atoms with van der Waals surface area (Å²) in [4.78, 5) is 22.9. The van der Waals surface area contributed by atoms with Gasteiger partial charge in [0.25, 0.3) is 0 Å². The van der Waals surface area contributed by atoms with Crippen molar-refractivity contribution in [1.29, 1.82) is 0 Å². The summed E-state index contributed by atoms with van der Waals surface area (Å²) in [6.45, 7) is 2.36. The molecule has 5 nitrogen and oxygen atoms in total. The number of hydrogen-bond acceptors (Lipinski definition) is 3. The fraction of sp³-hybridized carbons (Fsp3) is 0.429. The maximum atomic E-state index is 12.2. The molecule has 4 N–H and O–H groups in total. The number of benzene rings is 1. The summed E-state index contributed by atoms with van der Waals surface area (Å²) in [7, 11) is 0. The van der Waals surface area contributed by atoms with Crippen molar-refractivity contribution in [2.24, 2.45) is 5.73 Å². The van der Waals surface area contributed by atoms with Crippen LogP contribution < -0.4 is 16.4 Å². The lowest BCUT2D eigenvalue weighted by molar-refractivity contribution is -0.123. The van der Waals surface area contributed by atoms with E-state index in [1.807, 2.05) is 24.3 Å². The van der Waals surface area contributed by atoms with Crippen molar-refractivity contribution in [3.05, 3.63) is 29.8 Å². The minimum Gasteiger partial charge on any atom is -0.382 e. The van der Waals surface area contributed by atoms with Gasteiger partial charge in [-0.15, -0.1) is 0 Å². The highest BCUT2D eigenvalue weighted by atomic mass is 16.2. The molecule has 2 rings (SSSR count). The first-order valence-electron chi connectivity index (χ1n) is 6.49. The third kappa shape index (κ3) is 3.24. The topological polar surface area (TPSA) is 84.2 Å². The van der Waals surface area contributed by atoms with Crippen LogP contribution in [0.3, 0.4) is 0 Å². The summed E-state index contributed by atoms with van der Waals surface area (Å²) in [6.07, 6.45) is 0.924. The van der Waals surface area contributed by atoms with E-state index in [9.17, 15) is 9.59 Å². The van der Waals surface area contributed by atoms with Crippen LogP contribution in [0.25, 0.3) is 0 Å². The minimum absolute atomic E-state index is 0.0398. The Bertz CT molecular complexity index is 487. The third-order valence-electron chi connectivity index (χ3n) is 3.31. The highest BCUT2D eigenvalue weighted by Gasteiger charge is 2.29. The molecule has 0 fully saturated rings. The number of hydrogen-bond donors (Lipinski definition) is 3. The molecule has 1 aliphatic rings. The molecule has 1 aliphatic heterocycles. The Kier molecular flexibility index (Phi) is 4.04. The molecule has 19 heavy (non-hydrogen) atoms. The van der Waals surface area contributed by atoms with Crippen LogP contribution in [0.4, 0.5) is 5.69 Å². The Morgan fingerprint density at radius 3 is 2.89 bits per heavy atom. The summed E-state index contributed by atoms with van der Waals surface area (Å²) in [6, 6.07) is 8.08. The van der Waals surface area contributed by atoms with E-state index in [2.05, 4.69) is 17.6 Å². The van der Waals surface area contributed by atoms with Gasteiger partial charge >= 0.3 is 0 Å². The molecule has 0 saturated heterocycles. The zero-order valence-electron chi connectivity index (χ0n) is 11.0. The lowest BCUT2D eigenvalue weighted by Gasteiger charge is -2.30. The summed E-state index contributed by atoms with van der Waals surface area (Å²) >= 11 is 0. The van der Waals surface area contributed by atoms with Gasteiger partial charge in [-0.3, -0.25) is 9.59 Å². The molecule has 2 unspecified atom stereocenters. The van der Waals surface area contributed by atoms with E-state index in [0.29, 0.717) is 6.54 Å². The fourth-order valence-electron chi connectivity index (χ4n) is 2.42. The molecule has 0 bridgehead atoms. The molecule has 0 aromatic heterocycles. The van der Waals surface area contributed by atoms with Crippen LogP contribution in [0.2, 0.25) is 0 Å². The Balaban J connectivity index is 2.07. The Hall–Kier alpha value is -2.04. The van der Waals surface area contributed by atoms with Gasteiger partial charge in [-0.05, 0) is 25.0 Å². The van der Waals surface area contributed by atoms with E-state index in [1.54, 1.807) is 0 Å². The molecule has 0 radical (unpaired) electrons. The fourth-order valence-corrected chi connectivity index (χ4v) is 2.42. The second kappa shape index (κ2) is 5.73. The van der Waals surface area contributed by atoms with Crippen LogP contribution in [0, 0.1) is 0 Å². The van der Waals surface area contributed by atoms with E-state index in [0.717, 1.165) is 17.7 Å². The normalized spacial score (nSPS) is 21.1. The van der Waals surface area contributed by atoms with Crippen molar-refractivity contribution in [3.8, 4) is 0 Å². The molecule has 102 valence electrons. The average Bonchev–Trinajstić information content (AvgIpc) is 2.37. The van der Waals surface area contributed by atoms with E-state index >= 15 is 0 Å². The molecular weight excluding hydrogens is 242 g/mol. The molecule has 1 aromatic rings. The van der Waals surface area contributed by atoms with Gasteiger partial charge in [0.2, 0.25) is 11.8 Å². The number of fused-ring (bicyclic) bond motifs is 1. The second-order valence-electron chi connectivity index (χ2n) is 4.93. The van der Waals surface area contributed by atoms with Crippen molar-refractivity contribution < 1.29 is 9.59 Å². The van der Waals surface area contributed by atoms with Gasteiger partial charge in [-0.2, -0.15) is 0 Å². The van der Waals surface area contributed by atoms with Gasteiger partial charge in [-0.1, -0.05) is 18.2 Å². The van der Waals surface area contributed by atoms with Crippen LogP contribution in [0.15, 0.2) is 24.3 Å². The number of nitrogens with two attached hydrogens (primary N) is 1. The van der Waals surface area contributed by atoms with Crippen LogP contribution in [-0.2, 0) is 9.59 Å². The third-order valence-corrected chi connectivity index (χ3v) is 3.31. The molecule has 0 aliphatic carbocycles. The Morgan fingerprint density at radius 2 is 2.16 bits per heavy atom. The highest BCUT2D eigenvalue weighted by molar-refractivity contribution is 5.86. The SMILES string of the molecule is CC1CC(C(=O)NCCC(N)=O)c2ccccc2N1. The maximum Gasteiger partial charge on any atom is 0.227 e. The van der Waals surface area contributed by atoms with Gasteiger partial charge in [0.15, 0.2) is 0 Å². The summed E-state index contributed by atoms with van der Waals surface area (Å²) < 4.78 is 0. The molecule has 2 atom stereocenters. The largest absolute Gasteiger partial charge is 0.382 e. The summed E-state index contributed by atoms with van der Waals surface area (Å²) in [5.41, 5.74) is 7.08. The predicted octanol–water partition coefficient (Wildman–Crippen LogP) is 0.966. The number of anilines is 1. The van der Waals surface area contributed by atoms with Crippen molar-refractivity contribution in [1.82, 2.24) is 5.32 Å². The molecular formula is C14H19N3O2. The van der Waals surface area contributed by atoms with Gasteiger partial charge in [0, 0.05) is 24.7 Å². The summed E-state index contributed by atoms with van der Waals surface area (Å²) in [5.74, 6) is -0.609. The minimum atomic E-state index is -0.403. The van der Waals surface area contributed by atoms with Crippen molar-refractivity contribution in [3.63, 3.8) is 0 Å². The quantitative estimate of drug-likeness (QED) is 0.755. The number of rotatable bonds is 4. The number of carbonyl (C=O) groups is 2. The van der Waals surface area contributed by atoms with Crippen molar-refractivity contribution in [2.45, 2.75) is 31.7 Å². The van der Waals surface area contributed by atoms with E-state index in [1.165, 1.54) is 0 Å². The van der Waals surface area contributed by atoms with Crippen molar-refractivity contribution >= 4 is 17.5 Å². The second-order valence-corrected chi connectivity index (χ2v) is 4.93. The first-order valence-corrected chi connectivity index (χ1v) is 6.49. The molecule has 0 spiro atoms. The smallest absolute Gasteiger partial charge is 0.227 e. The van der Waals surface area contributed by atoms with E-state index in [-0.39, 0.29) is 24.3 Å². The number of amides is 2. The number of primary amides is 1. The van der Waals surface area contributed by atoms with Crippen LogP contribution in [0.5, 0.6) is 0 Å². The zero-order valence-corrected chi connectivity index (χ0v) is 11.0. The number of carbonyl (C=O) groups excluding carboxylic acids is 2. The Morgan fingerprint density at radius 1 is 1.42 bits per heavy atom. The summed E-state index contributed by atoms with van der Waals surface area (Å²) in [5, 5.41) is 6.14. The van der Waals surface area contributed by atoms with Crippen LogP contribution in [-0.4, -0.2) is 24.4 Å². The molecule has 0 saturated carbocycles. The molecule has 1 heterocycles. The van der Waals surface area contributed by atoms with Crippen molar-refractivity contribution in [2.75, 3.05) is 11.9 Å². The van der Waals surface area contributed by atoms with Crippen LogP contribution >= 0.6 is 0 Å².